The van der Waals surface area contributed by atoms with Crippen LogP contribution in [0.25, 0.3) is 0 Å². The number of aromatic hydroxyl groups is 1. The topological polar surface area (TPSA) is 20.2 Å². The lowest BCUT2D eigenvalue weighted by Crippen LogP contribution is -1.99. The van der Waals surface area contributed by atoms with Gasteiger partial charge in [0.2, 0.25) is 3.79 Å². The summed E-state index contributed by atoms with van der Waals surface area (Å²) in [5, 5.41) is 9.41. The summed E-state index contributed by atoms with van der Waals surface area (Å²) >= 11 is 20.8. The molecule has 1 N–H and O–H groups in total. The SMILES string of the molecule is Oc1cc(C(Cl)(Cl)Cl)ccc1SS. The Bertz CT molecular complexity index is 311. The van der Waals surface area contributed by atoms with Gasteiger partial charge in [-0.2, -0.15) is 0 Å². The molecular weight excluding hydrogens is 271 g/mol. The number of rotatable bonds is 1. The molecule has 0 radical (unpaired) electrons. The van der Waals surface area contributed by atoms with Gasteiger partial charge in [0.05, 0.1) is 4.90 Å². The molecular formula is C7H5Cl3OS2. The molecule has 6 heteroatoms. The Balaban J connectivity index is 3.10. The van der Waals surface area contributed by atoms with Crippen LogP contribution in [-0.4, -0.2) is 5.11 Å². The van der Waals surface area contributed by atoms with Crippen molar-refractivity contribution in [2.75, 3.05) is 0 Å². The summed E-state index contributed by atoms with van der Waals surface area (Å²) in [5.74, 6) is 0.0591. The van der Waals surface area contributed by atoms with Gasteiger partial charge in [-0.3, -0.25) is 0 Å². The number of thiol groups is 1. The van der Waals surface area contributed by atoms with Crippen molar-refractivity contribution < 1.29 is 5.11 Å². The van der Waals surface area contributed by atoms with Crippen LogP contribution in [-0.2, 0) is 3.79 Å². The third-order valence-electron chi connectivity index (χ3n) is 1.38. The minimum Gasteiger partial charge on any atom is -0.507 e. The fraction of sp³-hybridized carbons (Fsp3) is 0.143. The lowest BCUT2D eigenvalue weighted by molar-refractivity contribution is 0.462. The van der Waals surface area contributed by atoms with Gasteiger partial charge < -0.3 is 5.11 Å². The van der Waals surface area contributed by atoms with Gasteiger partial charge in [0, 0.05) is 5.56 Å². The van der Waals surface area contributed by atoms with E-state index < -0.39 is 3.79 Å². The molecule has 0 saturated carbocycles. The predicted octanol–water partition coefficient (Wildman–Crippen LogP) is 4.16. The predicted molar refractivity (Wildman–Crippen MR) is 62.2 cm³/mol. The molecule has 0 aliphatic heterocycles. The quantitative estimate of drug-likeness (QED) is 0.456. The van der Waals surface area contributed by atoms with Crippen LogP contribution in [0.3, 0.4) is 0 Å². The van der Waals surface area contributed by atoms with Crippen molar-refractivity contribution in [3.63, 3.8) is 0 Å². The van der Waals surface area contributed by atoms with E-state index in [1.807, 2.05) is 0 Å². The summed E-state index contributed by atoms with van der Waals surface area (Å²) in [5.41, 5.74) is 0.432. The van der Waals surface area contributed by atoms with Crippen LogP contribution < -0.4 is 0 Å². The Hall–Kier alpha value is 0.590. The Morgan fingerprint density at radius 1 is 1.31 bits per heavy atom. The highest BCUT2D eigenvalue weighted by Crippen LogP contribution is 2.41. The molecule has 1 nitrogen and oxygen atoms in total. The second kappa shape index (κ2) is 4.41. The van der Waals surface area contributed by atoms with Crippen LogP contribution in [0.1, 0.15) is 5.56 Å². The molecule has 0 fully saturated rings. The zero-order chi connectivity index (χ0) is 10.1. The van der Waals surface area contributed by atoms with Crippen LogP contribution in [0.4, 0.5) is 0 Å². The van der Waals surface area contributed by atoms with Crippen molar-refractivity contribution in [2.24, 2.45) is 0 Å². The first-order chi connectivity index (χ1) is 5.95. The number of phenols is 1. The molecule has 0 heterocycles. The normalized spacial score (nSPS) is 11.7. The zero-order valence-electron chi connectivity index (χ0n) is 6.17. The van der Waals surface area contributed by atoms with Crippen molar-refractivity contribution in [1.29, 1.82) is 0 Å². The number of phenolic OH excluding ortho intramolecular Hbond substituents is 1. The van der Waals surface area contributed by atoms with Gasteiger partial charge >= 0.3 is 0 Å². The van der Waals surface area contributed by atoms with Gasteiger partial charge in [-0.05, 0) is 12.1 Å². The largest absolute Gasteiger partial charge is 0.507 e. The highest BCUT2D eigenvalue weighted by Gasteiger charge is 2.23. The van der Waals surface area contributed by atoms with Gasteiger partial charge in [-0.25, -0.2) is 0 Å². The molecule has 0 atom stereocenters. The summed E-state index contributed by atoms with van der Waals surface area (Å²) in [6, 6.07) is 4.68. The fourth-order valence-corrected chi connectivity index (χ4v) is 1.87. The van der Waals surface area contributed by atoms with Crippen molar-refractivity contribution in [3.8, 4) is 5.75 Å². The highest BCUT2D eigenvalue weighted by atomic mass is 35.6. The number of alkyl halides is 3. The molecule has 13 heavy (non-hydrogen) atoms. The van der Waals surface area contributed by atoms with Crippen molar-refractivity contribution in [2.45, 2.75) is 8.69 Å². The Morgan fingerprint density at radius 2 is 1.92 bits per heavy atom. The maximum absolute atomic E-state index is 9.41. The van der Waals surface area contributed by atoms with Gasteiger partial charge in [0.15, 0.2) is 0 Å². The first-order valence-electron chi connectivity index (χ1n) is 3.17. The first kappa shape index (κ1) is 11.7. The van der Waals surface area contributed by atoms with Gasteiger partial charge in [0.1, 0.15) is 5.75 Å². The number of hydrogen-bond donors (Lipinski definition) is 2. The minimum absolute atomic E-state index is 0.0591. The molecule has 0 bridgehead atoms. The molecule has 1 rings (SSSR count). The van der Waals surface area contributed by atoms with E-state index in [4.69, 9.17) is 34.8 Å². The van der Waals surface area contributed by atoms with Crippen molar-refractivity contribution in [1.82, 2.24) is 0 Å². The Morgan fingerprint density at radius 3 is 2.31 bits per heavy atom. The highest BCUT2D eigenvalue weighted by molar-refractivity contribution is 8.68. The Labute approximate surface area is 100 Å². The number of benzene rings is 1. The molecule has 1 aromatic carbocycles. The summed E-state index contributed by atoms with van der Waals surface area (Å²) in [7, 11) is 1.13. The second-order valence-electron chi connectivity index (χ2n) is 2.27. The van der Waals surface area contributed by atoms with Gasteiger partial charge in [0.25, 0.3) is 0 Å². The van der Waals surface area contributed by atoms with E-state index in [0.29, 0.717) is 10.5 Å². The minimum atomic E-state index is -1.50. The fourth-order valence-electron chi connectivity index (χ4n) is 0.771. The number of hydrogen-bond acceptors (Lipinski definition) is 3. The van der Waals surface area contributed by atoms with Crippen LogP contribution in [0, 0.1) is 0 Å². The van der Waals surface area contributed by atoms with E-state index >= 15 is 0 Å². The third kappa shape index (κ3) is 3.03. The van der Waals surface area contributed by atoms with E-state index in [2.05, 4.69) is 11.7 Å². The molecule has 72 valence electrons. The zero-order valence-corrected chi connectivity index (χ0v) is 10.1. The van der Waals surface area contributed by atoms with Crippen LogP contribution in [0.5, 0.6) is 5.75 Å². The molecule has 0 amide bonds. The average molecular weight is 276 g/mol. The molecule has 0 saturated heterocycles. The Kier molecular flexibility index (Phi) is 3.95. The standard InChI is InChI=1S/C7H5Cl3OS2/c8-7(9,10)4-1-2-6(13-12)5(11)3-4/h1-3,11-12H. The van der Waals surface area contributed by atoms with Crippen molar-refractivity contribution in [3.05, 3.63) is 23.8 Å². The van der Waals surface area contributed by atoms with E-state index in [9.17, 15) is 5.11 Å². The maximum atomic E-state index is 9.41. The van der Waals surface area contributed by atoms with Crippen molar-refractivity contribution >= 4 is 57.3 Å². The summed E-state index contributed by atoms with van der Waals surface area (Å²) in [6.45, 7) is 0. The molecule has 1 aromatic rings. The molecule has 0 unspecified atom stereocenters. The van der Waals surface area contributed by atoms with Crippen LogP contribution >= 0.6 is 57.3 Å². The van der Waals surface area contributed by atoms with E-state index in [1.165, 1.54) is 6.07 Å². The van der Waals surface area contributed by atoms with Gasteiger partial charge in [-0.15, -0.1) is 11.7 Å². The van der Waals surface area contributed by atoms with Crippen LogP contribution in [0.15, 0.2) is 23.1 Å². The van der Waals surface area contributed by atoms with Crippen LogP contribution in [0.2, 0.25) is 0 Å². The lowest BCUT2D eigenvalue weighted by Gasteiger charge is -2.12. The third-order valence-corrected chi connectivity index (χ3v) is 3.17. The van der Waals surface area contributed by atoms with Gasteiger partial charge in [-0.1, -0.05) is 51.7 Å². The molecule has 0 aliphatic carbocycles. The monoisotopic (exact) mass is 274 g/mol. The number of halogens is 3. The smallest absolute Gasteiger partial charge is 0.216 e. The average Bonchev–Trinajstić information content (AvgIpc) is 2.02. The van der Waals surface area contributed by atoms with E-state index in [-0.39, 0.29) is 5.75 Å². The molecule has 0 aromatic heterocycles. The van der Waals surface area contributed by atoms with E-state index in [1.54, 1.807) is 12.1 Å². The first-order valence-corrected chi connectivity index (χ1v) is 6.17. The molecule has 0 spiro atoms. The summed E-state index contributed by atoms with van der Waals surface area (Å²) < 4.78 is -1.50. The summed E-state index contributed by atoms with van der Waals surface area (Å²) in [4.78, 5) is 0.626. The molecule has 0 aliphatic rings. The maximum Gasteiger partial charge on any atom is 0.216 e. The lowest BCUT2D eigenvalue weighted by atomic mass is 10.2. The van der Waals surface area contributed by atoms with E-state index in [0.717, 1.165) is 10.8 Å². The summed E-state index contributed by atoms with van der Waals surface area (Å²) in [6.07, 6.45) is 0. The second-order valence-corrected chi connectivity index (χ2v) is 5.72.